The molecule has 0 saturated heterocycles. The van der Waals surface area contributed by atoms with Crippen molar-refractivity contribution in [2.75, 3.05) is 26.0 Å². The fraction of sp³-hybridized carbons (Fsp3) is 0.600. The van der Waals surface area contributed by atoms with Gasteiger partial charge in [0.2, 0.25) is 0 Å². The highest BCUT2D eigenvalue weighted by molar-refractivity contribution is 5.95. The number of amides is 1. The molecule has 2 N–H and O–H groups in total. The van der Waals surface area contributed by atoms with Crippen molar-refractivity contribution in [3.05, 3.63) is 23.4 Å². The minimum atomic E-state index is -0.545. The summed E-state index contributed by atoms with van der Waals surface area (Å²) in [4.78, 5) is 18.4. The quantitative estimate of drug-likeness (QED) is 0.883. The van der Waals surface area contributed by atoms with E-state index in [4.69, 9.17) is 0 Å². The maximum atomic E-state index is 12.4. The topological polar surface area (TPSA) is 65.5 Å². The number of nitrogens with one attached hydrogen (secondary N) is 1. The van der Waals surface area contributed by atoms with Crippen LogP contribution in [0.3, 0.4) is 0 Å². The third-order valence-electron chi connectivity index (χ3n) is 2.98. The lowest BCUT2D eigenvalue weighted by molar-refractivity contribution is 0.0703. The molecular weight excluding hydrogens is 254 g/mol. The van der Waals surface area contributed by atoms with Crippen LogP contribution in [0.5, 0.6) is 0 Å². The number of carbonyl (C=O) groups is 1. The first-order valence-corrected chi connectivity index (χ1v) is 6.79. The molecule has 1 unspecified atom stereocenters. The second-order valence-corrected chi connectivity index (χ2v) is 6.16. The fourth-order valence-corrected chi connectivity index (χ4v) is 1.87. The van der Waals surface area contributed by atoms with Gasteiger partial charge >= 0.3 is 0 Å². The van der Waals surface area contributed by atoms with Gasteiger partial charge in [0, 0.05) is 37.3 Å². The average Bonchev–Trinajstić information content (AvgIpc) is 2.35. The van der Waals surface area contributed by atoms with E-state index >= 15 is 0 Å². The summed E-state index contributed by atoms with van der Waals surface area (Å²) in [6.45, 7) is 8.14. The lowest BCUT2D eigenvalue weighted by atomic mass is 9.90. The molecule has 5 nitrogen and oxygen atoms in total. The van der Waals surface area contributed by atoms with Gasteiger partial charge in [-0.25, -0.2) is 4.98 Å². The summed E-state index contributed by atoms with van der Waals surface area (Å²) in [5.41, 5.74) is 1.31. The number of aromatic nitrogens is 1. The standard InChI is InChI=1S/C15H25N3O2/c1-10(19)9-18(6)14(20)11-7-12(15(2,3)4)17-13(8-11)16-5/h7-8,10,19H,9H2,1-6H3,(H,16,17). The Labute approximate surface area is 121 Å². The molecule has 5 heteroatoms. The maximum Gasteiger partial charge on any atom is 0.253 e. The number of hydrogen-bond acceptors (Lipinski definition) is 4. The van der Waals surface area contributed by atoms with Gasteiger partial charge in [-0.15, -0.1) is 0 Å². The Morgan fingerprint density at radius 2 is 2.05 bits per heavy atom. The van der Waals surface area contributed by atoms with E-state index in [0.29, 0.717) is 17.9 Å². The fourth-order valence-electron chi connectivity index (χ4n) is 1.87. The van der Waals surface area contributed by atoms with Crippen molar-refractivity contribution < 1.29 is 9.90 Å². The van der Waals surface area contributed by atoms with E-state index in [2.05, 4.69) is 31.1 Å². The molecule has 1 rings (SSSR count). The third kappa shape index (κ3) is 4.20. The summed E-state index contributed by atoms with van der Waals surface area (Å²) in [5, 5.41) is 12.4. The molecule has 0 bridgehead atoms. The van der Waals surface area contributed by atoms with Crippen LogP contribution < -0.4 is 5.32 Å². The van der Waals surface area contributed by atoms with Gasteiger partial charge in [-0.05, 0) is 19.1 Å². The van der Waals surface area contributed by atoms with Crippen molar-refractivity contribution in [2.45, 2.75) is 39.2 Å². The Balaban J connectivity index is 3.14. The molecular formula is C15H25N3O2. The van der Waals surface area contributed by atoms with Gasteiger partial charge < -0.3 is 15.3 Å². The molecule has 1 heterocycles. The summed E-state index contributed by atoms with van der Waals surface area (Å²) in [6.07, 6.45) is -0.545. The van der Waals surface area contributed by atoms with Crippen LogP contribution in [-0.4, -0.2) is 47.6 Å². The van der Waals surface area contributed by atoms with E-state index in [-0.39, 0.29) is 11.3 Å². The summed E-state index contributed by atoms with van der Waals surface area (Å²) in [5.74, 6) is 0.557. The molecule has 112 valence electrons. The second-order valence-electron chi connectivity index (χ2n) is 6.16. The van der Waals surface area contributed by atoms with E-state index in [9.17, 15) is 9.90 Å². The highest BCUT2D eigenvalue weighted by atomic mass is 16.3. The number of rotatable bonds is 4. The van der Waals surface area contributed by atoms with Gasteiger partial charge in [0.15, 0.2) is 0 Å². The van der Waals surface area contributed by atoms with E-state index in [1.54, 1.807) is 27.1 Å². The average molecular weight is 279 g/mol. The van der Waals surface area contributed by atoms with Gasteiger partial charge in [0.1, 0.15) is 5.82 Å². The Kier molecular flexibility index (Phi) is 5.11. The zero-order valence-corrected chi connectivity index (χ0v) is 13.2. The molecule has 1 aromatic heterocycles. The Morgan fingerprint density at radius 1 is 1.45 bits per heavy atom. The zero-order valence-electron chi connectivity index (χ0n) is 13.2. The molecule has 0 aliphatic rings. The highest BCUT2D eigenvalue weighted by Gasteiger charge is 2.21. The van der Waals surface area contributed by atoms with Crippen molar-refractivity contribution in [1.29, 1.82) is 0 Å². The predicted octanol–water partition coefficient (Wildman–Crippen LogP) is 1.87. The number of hydrogen-bond donors (Lipinski definition) is 2. The molecule has 0 aliphatic carbocycles. The monoisotopic (exact) mass is 279 g/mol. The number of pyridine rings is 1. The van der Waals surface area contributed by atoms with E-state index in [1.165, 1.54) is 4.90 Å². The Bertz CT molecular complexity index is 478. The molecule has 20 heavy (non-hydrogen) atoms. The van der Waals surface area contributed by atoms with E-state index in [1.807, 2.05) is 6.07 Å². The number of nitrogens with zero attached hydrogens (tertiary/aromatic N) is 2. The molecule has 0 fully saturated rings. The summed E-state index contributed by atoms with van der Waals surface area (Å²) < 4.78 is 0. The number of likely N-dealkylation sites (N-methyl/N-ethyl adjacent to an activating group) is 1. The predicted molar refractivity (Wildman–Crippen MR) is 81.1 cm³/mol. The number of aliphatic hydroxyl groups is 1. The molecule has 0 radical (unpaired) electrons. The first kappa shape index (κ1) is 16.4. The second kappa shape index (κ2) is 6.22. The Morgan fingerprint density at radius 3 is 2.50 bits per heavy atom. The lowest BCUT2D eigenvalue weighted by Crippen LogP contribution is -2.33. The van der Waals surface area contributed by atoms with E-state index in [0.717, 1.165) is 5.69 Å². The summed E-state index contributed by atoms with van der Waals surface area (Å²) in [6, 6.07) is 3.55. The van der Waals surface area contributed by atoms with Crippen LogP contribution in [0.2, 0.25) is 0 Å². The number of carbonyl (C=O) groups excluding carboxylic acids is 1. The van der Waals surface area contributed by atoms with Crippen LogP contribution >= 0.6 is 0 Å². The van der Waals surface area contributed by atoms with Crippen molar-refractivity contribution in [3.8, 4) is 0 Å². The minimum absolute atomic E-state index is 0.115. The van der Waals surface area contributed by atoms with Gasteiger partial charge in [0.05, 0.1) is 6.10 Å². The first-order chi connectivity index (χ1) is 9.15. The van der Waals surface area contributed by atoms with Crippen LogP contribution in [0.1, 0.15) is 43.7 Å². The normalized spacial score (nSPS) is 12.9. The van der Waals surface area contributed by atoms with Crippen LogP contribution in [0.25, 0.3) is 0 Å². The van der Waals surface area contributed by atoms with Crippen molar-refractivity contribution in [3.63, 3.8) is 0 Å². The van der Waals surface area contributed by atoms with Crippen LogP contribution in [0, 0.1) is 0 Å². The zero-order chi connectivity index (χ0) is 15.5. The molecule has 1 aromatic rings. The number of anilines is 1. The minimum Gasteiger partial charge on any atom is -0.392 e. The van der Waals surface area contributed by atoms with Crippen molar-refractivity contribution in [1.82, 2.24) is 9.88 Å². The van der Waals surface area contributed by atoms with Gasteiger partial charge in [-0.1, -0.05) is 20.8 Å². The van der Waals surface area contributed by atoms with E-state index < -0.39 is 6.10 Å². The first-order valence-electron chi connectivity index (χ1n) is 6.79. The van der Waals surface area contributed by atoms with Crippen molar-refractivity contribution >= 4 is 11.7 Å². The van der Waals surface area contributed by atoms with Gasteiger partial charge in [-0.3, -0.25) is 4.79 Å². The van der Waals surface area contributed by atoms with Crippen molar-refractivity contribution in [2.24, 2.45) is 0 Å². The van der Waals surface area contributed by atoms with Crippen LogP contribution in [0.4, 0.5) is 5.82 Å². The van der Waals surface area contributed by atoms with Crippen LogP contribution in [0.15, 0.2) is 12.1 Å². The highest BCUT2D eigenvalue weighted by Crippen LogP contribution is 2.23. The molecule has 1 atom stereocenters. The molecule has 0 aromatic carbocycles. The van der Waals surface area contributed by atoms with Crippen LogP contribution in [-0.2, 0) is 5.41 Å². The Hall–Kier alpha value is -1.62. The molecule has 0 saturated carbocycles. The molecule has 0 aliphatic heterocycles. The summed E-state index contributed by atoms with van der Waals surface area (Å²) >= 11 is 0. The van der Waals surface area contributed by atoms with Gasteiger partial charge in [0.25, 0.3) is 5.91 Å². The lowest BCUT2D eigenvalue weighted by Gasteiger charge is -2.22. The third-order valence-corrected chi connectivity index (χ3v) is 2.98. The van der Waals surface area contributed by atoms with Gasteiger partial charge in [-0.2, -0.15) is 0 Å². The summed E-state index contributed by atoms with van der Waals surface area (Å²) in [7, 11) is 3.47. The maximum absolute atomic E-state index is 12.4. The smallest absolute Gasteiger partial charge is 0.253 e. The molecule has 0 spiro atoms. The number of aliphatic hydroxyl groups excluding tert-OH is 1. The largest absolute Gasteiger partial charge is 0.392 e. The SMILES string of the molecule is CNc1cc(C(=O)N(C)CC(C)O)cc(C(C)(C)C)n1. The molecule has 1 amide bonds.